The second-order valence-corrected chi connectivity index (χ2v) is 9.28. The van der Waals surface area contributed by atoms with Crippen LogP contribution in [-0.4, -0.2) is 0 Å². The van der Waals surface area contributed by atoms with Gasteiger partial charge in [0.05, 0.1) is 0 Å². The van der Waals surface area contributed by atoms with Gasteiger partial charge < -0.3 is 0 Å². The van der Waals surface area contributed by atoms with Crippen molar-refractivity contribution in [1.29, 1.82) is 0 Å². The van der Waals surface area contributed by atoms with E-state index in [0.717, 1.165) is 23.7 Å². The molecule has 0 nitrogen and oxygen atoms in total. The van der Waals surface area contributed by atoms with Gasteiger partial charge in [-0.2, -0.15) is 0 Å². The van der Waals surface area contributed by atoms with Gasteiger partial charge in [0.25, 0.3) is 0 Å². The Bertz CT molecular complexity index is 337. The summed E-state index contributed by atoms with van der Waals surface area (Å²) in [6, 6.07) is 0. The van der Waals surface area contributed by atoms with Crippen molar-refractivity contribution in [2.24, 2.45) is 23.7 Å². The van der Waals surface area contributed by atoms with E-state index in [2.05, 4.69) is 38.2 Å². The lowest BCUT2D eigenvalue weighted by Gasteiger charge is -2.28. The van der Waals surface area contributed by atoms with Crippen LogP contribution in [0.4, 0.5) is 0 Å². The normalized spacial score (nSPS) is 30.4. The lowest BCUT2D eigenvalue weighted by Crippen LogP contribution is -2.14. The SMILES string of the molecule is CCCC=CC1CCC(CCCCC2CCC(C=CCCC)CC2)CC1. The number of unbranched alkanes of at least 4 members (excludes halogenated alkanes) is 3. The molecule has 0 unspecified atom stereocenters. The van der Waals surface area contributed by atoms with Gasteiger partial charge in [0.2, 0.25) is 0 Å². The highest BCUT2D eigenvalue weighted by atomic mass is 14.3. The maximum absolute atomic E-state index is 2.52. The first kappa shape index (κ1) is 21.8. The highest BCUT2D eigenvalue weighted by Crippen LogP contribution is 2.35. The maximum atomic E-state index is 2.52. The first-order chi connectivity index (χ1) is 12.8. The Morgan fingerprint density at radius 1 is 0.577 bits per heavy atom. The van der Waals surface area contributed by atoms with Crippen LogP contribution in [0, 0.1) is 23.7 Å². The van der Waals surface area contributed by atoms with Crippen molar-refractivity contribution in [3.8, 4) is 0 Å². The number of hydrogen-bond acceptors (Lipinski definition) is 0. The van der Waals surface area contributed by atoms with Gasteiger partial charge in [-0.3, -0.25) is 0 Å². The van der Waals surface area contributed by atoms with Crippen LogP contribution in [0.3, 0.4) is 0 Å². The molecule has 150 valence electrons. The largest absolute Gasteiger partial charge is 0.0883 e. The highest BCUT2D eigenvalue weighted by Gasteiger charge is 2.21. The fraction of sp³-hybridized carbons (Fsp3) is 0.846. The van der Waals surface area contributed by atoms with Gasteiger partial charge in [-0.05, 0) is 87.9 Å². The fourth-order valence-corrected chi connectivity index (χ4v) is 5.12. The molecule has 2 rings (SSSR count). The van der Waals surface area contributed by atoms with Crippen LogP contribution in [0.5, 0.6) is 0 Å². The molecule has 2 saturated carbocycles. The first-order valence-corrected chi connectivity index (χ1v) is 12.1. The van der Waals surface area contributed by atoms with Crippen molar-refractivity contribution in [1.82, 2.24) is 0 Å². The average Bonchev–Trinajstić information content (AvgIpc) is 2.68. The standard InChI is InChI=1S/C26H46/c1-3-5-7-11-23-15-19-25(20-16-23)13-9-10-14-26-21-17-24(18-22-26)12-8-6-4-2/h7-8,11-12,23-26H,3-6,9-10,13-22H2,1-2H3. The van der Waals surface area contributed by atoms with Gasteiger partial charge in [0.1, 0.15) is 0 Å². The molecule has 0 N–H and O–H groups in total. The molecule has 0 heterocycles. The summed E-state index contributed by atoms with van der Waals surface area (Å²) in [5, 5.41) is 0. The van der Waals surface area contributed by atoms with Crippen LogP contribution in [0.25, 0.3) is 0 Å². The zero-order valence-corrected chi connectivity index (χ0v) is 17.9. The molecule has 0 aromatic rings. The third kappa shape index (κ3) is 8.92. The van der Waals surface area contributed by atoms with E-state index in [1.807, 2.05) is 0 Å². The van der Waals surface area contributed by atoms with Gasteiger partial charge >= 0.3 is 0 Å². The zero-order valence-electron chi connectivity index (χ0n) is 17.9. The second kappa shape index (κ2) is 13.6. The van der Waals surface area contributed by atoms with Crippen LogP contribution in [0.15, 0.2) is 24.3 Å². The second-order valence-electron chi connectivity index (χ2n) is 9.28. The van der Waals surface area contributed by atoms with Gasteiger partial charge in [0.15, 0.2) is 0 Å². The molecule has 2 fully saturated rings. The Labute approximate surface area is 164 Å². The summed E-state index contributed by atoms with van der Waals surface area (Å²) in [7, 11) is 0. The van der Waals surface area contributed by atoms with E-state index in [0.29, 0.717) is 0 Å². The third-order valence-corrected chi connectivity index (χ3v) is 6.98. The maximum Gasteiger partial charge on any atom is -0.0233 e. The summed E-state index contributed by atoms with van der Waals surface area (Å²) in [6.45, 7) is 4.55. The predicted molar refractivity (Wildman–Crippen MR) is 117 cm³/mol. The fourth-order valence-electron chi connectivity index (χ4n) is 5.12. The lowest BCUT2D eigenvalue weighted by atomic mass is 9.78. The Balaban J connectivity index is 1.47. The molecule has 2 aliphatic carbocycles. The Kier molecular flexibility index (Phi) is 11.4. The van der Waals surface area contributed by atoms with Crippen molar-refractivity contribution in [2.75, 3.05) is 0 Å². The molecule has 0 spiro atoms. The Morgan fingerprint density at radius 3 is 1.31 bits per heavy atom. The Morgan fingerprint density at radius 2 is 0.962 bits per heavy atom. The van der Waals surface area contributed by atoms with Crippen molar-refractivity contribution in [3.63, 3.8) is 0 Å². The number of allylic oxidation sites excluding steroid dienone is 4. The molecule has 0 saturated heterocycles. The topological polar surface area (TPSA) is 0 Å². The van der Waals surface area contributed by atoms with Crippen LogP contribution in [0.2, 0.25) is 0 Å². The Hall–Kier alpha value is -0.520. The molecule has 0 aromatic heterocycles. The van der Waals surface area contributed by atoms with E-state index in [9.17, 15) is 0 Å². The average molecular weight is 359 g/mol. The molecule has 0 radical (unpaired) electrons. The van der Waals surface area contributed by atoms with Gasteiger partial charge in [0, 0.05) is 0 Å². The van der Waals surface area contributed by atoms with E-state index < -0.39 is 0 Å². The molecule has 26 heavy (non-hydrogen) atoms. The van der Waals surface area contributed by atoms with Crippen LogP contribution in [0.1, 0.15) is 117 Å². The van der Waals surface area contributed by atoms with Gasteiger partial charge in [-0.1, -0.05) is 76.7 Å². The molecule has 0 bridgehead atoms. The minimum absolute atomic E-state index is 0.902. The van der Waals surface area contributed by atoms with E-state index in [-0.39, 0.29) is 0 Å². The molecule has 2 aliphatic rings. The summed E-state index contributed by atoms with van der Waals surface area (Å²) in [5.41, 5.74) is 0. The predicted octanol–water partition coefficient (Wildman–Crippen LogP) is 8.87. The molecular weight excluding hydrogens is 312 g/mol. The minimum Gasteiger partial charge on any atom is -0.0883 e. The smallest absolute Gasteiger partial charge is 0.0233 e. The van der Waals surface area contributed by atoms with Crippen LogP contribution >= 0.6 is 0 Å². The molecule has 0 amide bonds. The van der Waals surface area contributed by atoms with E-state index in [1.54, 1.807) is 0 Å². The molecular formula is C26H46. The summed E-state index contributed by atoms with van der Waals surface area (Å²) in [4.78, 5) is 0. The van der Waals surface area contributed by atoms with Crippen LogP contribution in [-0.2, 0) is 0 Å². The molecule has 0 aliphatic heterocycles. The number of hydrogen-bond donors (Lipinski definition) is 0. The molecule has 0 heteroatoms. The highest BCUT2D eigenvalue weighted by molar-refractivity contribution is 4.92. The first-order valence-electron chi connectivity index (χ1n) is 12.1. The van der Waals surface area contributed by atoms with E-state index in [1.165, 1.54) is 103 Å². The minimum atomic E-state index is 0.902. The van der Waals surface area contributed by atoms with Crippen molar-refractivity contribution in [2.45, 2.75) is 117 Å². The molecule has 0 aromatic carbocycles. The van der Waals surface area contributed by atoms with Gasteiger partial charge in [-0.25, -0.2) is 0 Å². The van der Waals surface area contributed by atoms with Crippen molar-refractivity contribution in [3.05, 3.63) is 24.3 Å². The van der Waals surface area contributed by atoms with E-state index in [4.69, 9.17) is 0 Å². The lowest BCUT2D eigenvalue weighted by molar-refractivity contribution is 0.268. The number of rotatable bonds is 11. The quantitative estimate of drug-likeness (QED) is 0.255. The summed E-state index contributed by atoms with van der Waals surface area (Å²) >= 11 is 0. The summed E-state index contributed by atoms with van der Waals surface area (Å²) in [5.74, 6) is 3.90. The summed E-state index contributed by atoms with van der Waals surface area (Å²) in [6.07, 6.45) is 32.9. The molecule has 0 atom stereocenters. The zero-order chi connectivity index (χ0) is 18.5. The van der Waals surface area contributed by atoms with Crippen molar-refractivity contribution >= 4 is 0 Å². The monoisotopic (exact) mass is 358 g/mol. The van der Waals surface area contributed by atoms with E-state index >= 15 is 0 Å². The van der Waals surface area contributed by atoms with Crippen molar-refractivity contribution < 1.29 is 0 Å². The van der Waals surface area contributed by atoms with Gasteiger partial charge in [-0.15, -0.1) is 0 Å². The summed E-state index contributed by atoms with van der Waals surface area (Å²) < 4.78 is 0. The van der Waals surface area contributed by atoms with Crippen LogP contribution < -0.4 is 0 Å². The third-order valence-electron chi connectivity index (χ3n) is 6.98.